The second-order valence-corrected chi connectivity index (χ2v) is 4.80. The highest BCUT2D eigenvalue weighted by molar-refractivity contribution is 5.75. The molecule has 102 valence electrons. The number of carbonyl (C=O) groups excluding carboxylic acids is 1. The molecular weight excluding hydrogens is 228 g/mol. The van der Waals surface area contributed by atoms with Crippen LogP contribution in [0.5, 0.6) is 0 Å². The Labute approximate surface area is 109 Å². The Hall–Kier alpha value is -1.36. The fourth-order valence-electron chi connectivity index (χ4n) is 1.82. The van der Waals surface area contributed by atoms with Gasteiger partial charge in [-0.05, 0) is 31.4 Å². The molecule has 0 fully saturated rings. The monoisotopic (exact) mass is 252 g/mol. The first kappa shape index (κ1) is 14.7. The van der Waals surface area contributed by atoms with Crippen LogP contribution in [0.4, 0.5) is 0 Å². The summed E-state index contributed by atoms with van der Waals surface area (Å²) >= 11 is 0. The number of nitrogens with two attached hydrogens (primary N) is 1. The predicted molar refractivity (Wildman–Crippen MR) is 72.0 cm³/mol. The topological polar surface area (TPSA) is 72.9 Å². The van der Waals surface area contributed by atoms with E-state index >= 15 is 0 Å². The van der Waals surface area contributed by atoms with E-state index in [9.17, 15) is 4.79 Å². The molecule has 0 aromatic carbocycles. The lowest BCUT2D eigenvalue weighted by Crippen LogP contribution is -2.26. The summed E-state index contributed by atoms with van der Waals surface area (Å²) in [7, 11) is 1.89. The van der Waals surface area contributed by atoms with Crippen LogP contribution in [0.15, 0.2) is 12.3 Å². The molecule has 5 heteroatoms. The summed E-state index contributed by atoms with van der Waals surface area (Å²) in [4.78, 5) is 11.6. The number of nitrogens with zero attached hydrogens (tertiary/aromatic N) is 2. The Morgan fingerprint density at radius 3 is 2.94 bits per heavy atom. The maximum absolute atomic E-state index is 11.6. The zero-order chi connectivity index (χ0) is 13.4. The molecule has 18 heavy (non-hydrogen) atoms. The maximum Gasteiger partial charge on any atom is 0.220 e. The minimum Gasteiger partial charge on any atom is -0.356 e. The number of aryl methyl sites for hydroxylation is 1. The minimum absolute atomic E-state index is 0.120. The van der Waals surface area contributed by atoms with Gasteiger partial charge in [0.25, 0.3) is 0 Å². The third-order valence-corrected chi connectivity index (χ3v) is 3.00. The maximum atomic E-state index is 11.6. The average Bonchev–Trinajstić information content (AvgIpc) is 2.73. The summed E-state index contributed by atoms with van der Waals surface area (Å²) in [6.07, 6.45) is 5.17. The van der Waals surface area contributed by atoms with E-state index in [1.54, 1.807) is 4.68 Å². The molecule has 0 aliphatic rings. The van der Waals surface area contributed by atoms with Crippen LogP contribution >= 0.6 is 0 Å². The quantitative estimate of drug-likeness (QED) is 0.720. The van der Waals surface area contributed by atoms with Crippen LogP contribution < -0.4 is 11.1 Å². The van der Waals surface area contributed by atoms with Crippen LogP contribution in [0, 0.1) is 5.92 Å². The van der Waals surface area contributed by atoms with Crippen molar-refractivity contribution >= 4 is 5.91 Å². The predicted octanol–water partition coefficient (Wildman–Crippen LogP) is 0.844. The molecule has 0 spiro atoms. The lowest BCUT2D eigenvalue weighted by atomic mass is 10.0. The Morgan fingerprint density at radius 2 is 2.33 bits per heavy atom. The molecule has 0 saturated carbocycles. The fraction of sp³-hybridized carbons (Fsp3) is 0.692. The SMILES string of the molecule is CC(CCN)CCC(=O)NCCc1ccn(C)n1. The Morgan fingerprint density at radius 1 is 1.56 bits per heavy atom. The molecule has 0 aliphatic carbocycles. The first-order chi connectivity index (χ1) is 8.61. The lowest BCUT2D eigenvalue weighted by Gasteiger charge is -2.09. The van der Waals surface area contributed by atoms with Gasteiger partial charge in [0, 0.05) is 32.6 Å². The summed E-state index contributed by atoms with van der Waals surface area (Å²) in [6, 6.07) is 1.97. The van der Waals surface area contributed by atoms with Crippen LogP contribution in [0.2, 0.25) is 0 Å². The molecule has 1 unspecified atom stereocenters. The van der Waals surface area contributed by atoms with E-state index in [4.69, 9.17) is 5.73 Å². The number of hydrogen-bond donors (Lipinski definition) is 2. The highest BCUT2D eigenvalue weighted by Crippen LogP contribution is 2.08. The van der Waals surface area contributed by atoms with Crippen molar-refractivity contribution in [2.24, 2.45) is 18.7 Å². The molecule has 0 bridgehead atoms. The molecule has 1 rings (SSSR count). The average molecular weight is 252 g/mol. The molecule has 5 nitrogen and oxygen atoms in total. The van der Waals surface area contributed by atoms with Crippen molar-refractivity contribution in [1.82, 2.24) is 15.1 Å². The highest BCUT2D eigenvalue weighted by atomic mass is 16.1. The number of carbonyl (C=O) groups is 1. The van der Waals surface area contributed by atoms with Crippen molar-refractivity contribution in [3.63, 3.8) is 0 Å². The second kappa shape index (κ2) is 7.87. The summed E-state index contributed by atoms with van der Waals surface area (Å²) in [5.74, 6) is 0.645. The molecule has 1 heterocycles. The molecule has 1 atom stereocenters. The normalized spacial score (nSPS) is 12.4. The highest BCUT2D eigenvalue weighted by Gasteiger charge is 2.06. The van der Waals surface area contributed by atoms with E-state index < -0.39 is 0 Å². The largest absolute Gasteiger partial charge is 0.356 e. The first-order valence-corrected chi connectivity index (χ1v) is 6.57. The van der Waals surface area contributed by atoms with E-state index in [1.165, 1.54) is 0 Å². The van der Waals surface area contributed by atoms with E-state index in [0.29, 0.717) is 25.4 Å². The molecule has 3 N–H and O–H groups in total. The summed E-state index contributed by atoms with van der Waals surface area (Å²) < 4.78 is 1.77. The van der Waals surface area contributed by atoms with Crippen molar-refractivity contribution in [3.05, 3.63) is 18.0 Å². The van der Waals surface area contributed by atoms with Crippen molar-refractivity contribution in [2.45, 2.75) is 32.6 Å². The summed E-state index contributed by atoms with van der Waals surface area (Å²) in [6.45, 7) is 3.48. The lowest BCUT2D eigenvalue weighted by molar-refractivity contribution is -0.121. The van der Waals surface area contributed by atoms with Crippen LogP contribution in [0.1, 0.15) is 31.9 Å². The summed E-state index contributed by atoms with van der Waals surface area (Å²) in [5.41, 5.74) is 6.48. The van der Waals surface area contributed by atoms with Crippen LogP contribution in [0.3, 0.4) is 0 Å². The van der Waals surface area contributed by atoms with Gasteiger partial charge >= 0.3 is 0 Å². The number of hydrogen-bond acceptors (Lipinski definition) is 3. The van der Waals surface area contributed by atoms with Gasteiger partial charge in [0.05, 0.1) is 5.69 Å². The van der Waals surface area contributed by atoms with E-state index in [1.807, 2.05) is 19.3 Å². The summed E-state index contributed by atoms with van der Waals surface area (Å²) in [5, 5.41) is 7.18. The van der Waals surface area contributed by atoms with Crippen molar-refractivity contribution in [2.75, 3.05) is 13.1 Å². The van der Waals surface area contributed by atoms with Gasteiger partial charge in [-0.3, -0.25) is 9.48 Å². The number of aromatic nitrogens is 2. The molecular formula is C13H24N4O. The number of nitrogens with one attached hydrogen (secondary N) is 1. The van der Waals surface area contributed by atoms with E-state index in [0.717, 1.165) is 25.0 Å². The zero-order valence-corrected chi connectivity index (χ0v) is 11.4. The fourth-order valence-corrected chi connectivity index (χ4v) is 1.82. The molecule has 0 saturated heterocycles. The molecule has 0 aliphatic heterocycles. The third-order valence-electron chi connectivity index (χ3n) is 3.00. The molecule has 1 aromatic heterocycles. The number of amides is 1. The molecule has 0 radical (unpaired) electrons. The van der Waals surface area contributed by atoms with Gasteiger partial charge in [-0.25, -0.2) is 0 Å². The van der Waals surface area contributed by atoms with Gasteiger partial charge in [-0.15, -0.1) is 0 Å². The smallest absolute Gasteiger partial charge is 0.220 e. The van der Waals surface area contributed by atoms with Crippen molar-refractivity contribution in [1.29, 1.82) is 0 Å². The standard InChI is InChI=1S/C13H24N4O/c1-11(5-8-14)3-4-13(18)15-9-6-12-7-10-17(2)16-12/h7,10-11H,3-6,8-9,14H2,1-2H3,(H,15,18). The van der Waals surface area contributed by atoms with Crippen molar-refractivity contribution in [3.8, 4) is 0 Å². The Kier molecular flexibility index (Phi) is 6.43. The van der Waals surface area contributed by atoms with Gasteiger partial charge in [0.2, 0.25) is 5.91 Å². The Balaban J connectivity index is 2.10. The zero-order valence-electron chi connectivity index (χ0n) is 11.4. The second-order valence-electron chi connectivity index (χ2n) is 4.80. The Bertz CT molecular complexity index is 362. The molecule has 1 amide bonds. The van der Waals surface area contributed by atoms with E-state index in [-0.39, 0.29) is 5.91 Å². The third kappa shape index (κ3) is 5.82. The van der Waals surface area contributed by atoms with Gasteiger partial charge in [-0.1, -0.05) is 6.92 Å². The molecule has 1 aromatic rings. The van der Waals surface area contributed by atoms with Gasteiger partial charge in [-0.2, -0.15) is 5.10 Å². The van der Waals surface area contributed by atoms with Crippen LogP contribution in [0.25, 0.3) is 0 Å². The first-order valence-electron chi connectivity index (χ1n) is 6.57. The van der Waals surface area contributed by atoms with Crippen LogP contribution in [-0.4, -0.2) is 28.8 Å². The van der Waals surface area contributed by atoms with E-state index in [2.05, 4.69) is 17.3 Å². The minimum atomic E-state index is 0.120. The van der Waals surface area contributed by atoms with Gasteiger partial charge in [0.1, 0.15) is 0 Å². The van der Waals surface area contributed by atoms with Gasteiger partial charge < -0.3 is 11.1 Å². The number of rotatable bonds is 8. The van der Waals surface area contributed by atoms with Crippen LogP contribution in [-0.2, 0) is 18.3 Å². The van der Waals surface area contributed by atoms with Crippen molar-refractivity contribution < 1.29 is 4.79 Å². The van der Waals surface area contributed by atoms with Gasteiger partial charge in [0.15, 0.2) is 0 Å².